The van der Waals surface area contributed by atoms with Crippen molar-refractivity contribution in [2.24, 2.45) is 0 Å². The molecule has 4 nitrogen and oxygen atoms in total. The van der Waals surface area contributed by atoms with Gasteiger partial charge in [-0.2, -0.15) is 0 Å². The van der Waals surface area contributed by atoms with E-state index in [0.29, 0.717) is 5.95 Å². The summed E-state index contributed by atoms with van der Waals surface area (Å²) < 4.78 is 0. The molecule has 112 valence electrons. The summed E-state index contributed by atoms with van der Waals surface area (Å²) >= 11 is 5.95. The summed E-state index contributed by atoms with van der Waals surface area (Å²) in [5, 5.41) is 4.02. The first kappa shape index (κ1) is 14.6. The first-order valence-corrected chi connectivity index (χ1v) is 7.50. The molecule has 2 heterocycles. The van der Waals surface area contributed by atoms with Gasteiger partial charge in [-0.25, -0.2) is 9.97 Å². The zero-order chi connectivity index (χ0) is 15.5. The summed E-state index contributed by atoms with van der Waals surface area (Å²) in [5.41, 5.74) is 4.51. The molecule has 0 unspecified atom stereocenters. The first-order valence-electron chi connectivity index (χ1n) is 7.12. The Morgan fingerprint density at radius 3 is 2.50 bits per heavy atom. The van der Waals surface area contributed by atoms with Gasteiger partial charge in [-0.3, -0.25) is 0 Å². The van der Waals surface area contributed by atoms with Crippen LogP contribution in [0, 0.1) is 6.92 Å². The molecule has 1 atom stereocenters. The zero-order valence-corrected chi connectivity index (χ0v) is 13.2. The lowest BCUT2D eigenvalue weighted by molar-refractivity contribution is 0.831. The molecule has 0 fully saturated rings. The Morgan fingerprint density at radius 1 is 1.14 bits per heavy atom. The molecule has 2 N–H and O–H groups in total. The third-order valence-electron chi connectivity index (χ3n) is 3.55. The summed E-state index contributed by atoms with van der Waals surface area (Å²) in [6.07, 6.45) is 3.45. The van der Waals surface area contributed by atoms with Gasteiger partial charge in [-0.05, 0) is 49.2 Å². The molecule has 5 heteroatoms. The van der Waals surface area contributed by atoms with Gasteiger partial charge >= 0.3 is 0 Å². The second-order valence-corrected chi connectivity index (χ2v) is 5.66. The Balaban J connectivity index is 1.84. The van der Waals surface area contributed by atoms with Crippen molar-refractivity contribution in [3.05, 3.63) is 65.1 Å². The number of rotatable bonds is 4. The first-order chi connectivity index (χ1) is 10.6. The van der Waals surface area contributed by atoms with Gasteiger partial charge in [-0.15, -0.1) is 0 Å². The van der Waals surface area contributed by atoms with Crippen molar-refractivity contribution >= 4 is 17.5 Å². The zero-order valence-electron chi connectivity index (χ0n) is 12.5. The quantitative estimate of drug-likeness (QED) is 0.740. The molecular formula is C17H17ClN4. The van der Waals surface area contributed by atoms with Gasteiger partial charge in [0.25, 0.3) is 0 Å². The topological polar surface area (TPSA) is 53.6 Å². The lowest BCUT2D eigenvalue weighted by Crippen LogP contribution is -2.09. The summed E-state index contributed by atoms with van der Waals surface area (Å²) in [7, 11) is 0. The highest BCUT2D eigenvalue weighted by Gasteiger charge is 2.12. The van der Waals surface area contributed by atoms with Crippen LogP contribution < -0.4 is 5.32 Å². The number of nitrogens with zero attached hydrogens (tertiary/aromatic N) is 2. The number of aryl methyl sites for hydroxylation is 1. The van der Waals surface area contributed by atoms with Crippen molar-refractivity contribution in [2.75, 3.05) is 5.32 Å². The number of hydrogen-bond donors (Lipinski definition) is 2. The second kappa shape index (κ2) is 6.20. The molecule has 0 aliphatic rings. The van der Waals surface area contributed by atoms with Crippen molar-refractivity contribution in [3.63, 3.8) is 0 Å². The van der Waals surface area contributed by atoms with Gasteiger partial charge in [0.1, 0.15) is 0 Å². The average Bonchev–Trinajstić information content (AvgIpc) is 2.91. The molecule has 0 spiro atoms. The Hall–Kier alpha value is -2.33. The fourth-order valence-corrected chi connectivity index (χ4v) is 2.51. The lowest BCUT2D eigenvalue weighted by Gasteiger charge is -2.12. The average molecular weight is 313 g/mol. The lowest BCUT2D eigenvalue weighted by atomic mass is 10.1. The minimum atomic E-state index is 0.0853. The van der Waals surface area contributed by atoms with E-state index in [-0.39, 0.29) is 6.04 Å². The molecule has 0 aliphatic heterocycles. The van der Waals surface area contributed by atoms with Gasteiger partial charge in [0, 0.05) is 28.8 Å². The summed E-state index contributed by atoms with van der Waals surface area (Å²) in [5.74, 6) is 0.621. The number of aromatic amines is 1. The van der Waals surface area contributed by atoms with Gasteiger partial charge in [0.2, 0.25) is 5.95 Å². The van der Waals surface area contributed by atoms with Gasteiger partial charge in [0.15, 0.2) is 0 Å². The summed E-state index contributed by atoms with van der Waals surface area (Å²) in [6, 6.07) is 11.9. The molecule has 0 aliphatic carbocycles. The molecule has 2 aromatic heterocycles. The van der Waals surface area contributed by atoms with Crippen LogP contribution in [0.25, 0.3) is 11.3 Å². The molecule has 0 saturated carbocycles. The second-order valence-electron chi connectivity index (χ2n) is 5.23. The van der Waals surface area contributed by atoms with Crippen molar-refractivity contribution in [1.29, 1.82) is 0 Å². The SMILES string of the molecule is Cc1cc([C@H](C)Nc2ncccn2)[nH]c1-c1ccc(Cl)cc1. The maximum Gasteiger partial charge on any atom is 0.223 e. The minimum Gasteiger partial charge on any atom is -0.356 e. The van der Waals surface area contributed by atoms with Gasteiger partial charge in [0.05, 0.1) is 6.04 Å². The number of anilines is 1. The molecule has 0 radical (unpaired) electrons. The fraction of sp³-hybridized carbons (Fsp3) is 0.176. The predicted octanol–water partition coefficient (Wildman–Crippen LogP) is 4.61. The Bertz CT molecular complexity index is 750. The van der Waals surface area contributed by atoms with Crippen LogP contribution in [0.5, 0.6) is 0 Å². The van der Waals surface area contributed by atoms with Crippen molar-refractivity contribution in [3.8, 4) is 11.3 Å². The molecule has 0 saturated heterocycles. The molecule has 0 bridgehead atoms. The highest BCUT2D eigenvalue weighted by atomic mass is 35.5. The van der Waals surface area contributed by atoms with E-state index in [1.807, 2.05) is 24.3 Å². The maximum absolute atomic E-state index is 5.95. The van der Waals surface area contributed by atoms with E-state index in [0.717, 1.165) is 22.0 Å². The van der Waals surface area contributed by atoms with E-state index in [4.69, 9.17) is 11.6 Å². The van der Waals surface area contributed by atoms with E-state index in [9.17, 15) is 0 Å². The van der Waals surface area contributed by atoms with E-state index < -0.39 is 0 Å². The smallest absolute Gasteiger partial charge is 0.223 e. The Labute approximate surface area is 134 Å². The van der Waals surface area contributed by atoms with Crippen LogP contribution in [0.3, 0.4) is 0 Å². The maximum atomic E-state index is 5.95. The van der Waals surface area contributed by atoms with Crippen LogP contribution in [-0.2, 0) is 0 Å². The van der Waals surface area contributed by atoms with Crippen molar-refractivity contribution < 1.29 is 0 Å². The van der Waals surface area contributed by atoms with Crippen molar-refractivity contribution in [2.45, 2.75) is 19.9 Å². The standard InChI is InChI=1S/C17H17ClN4/c1-11-10-15(12(2)21-17-19-8-3-9-20-17)22-16(11)13-4-6-14(18)7-5-13/h3-10,12,22H,1-2H3,(H,19,20,21)/t12-/m0/s1. The normalized spacial score (nSPS) is 12.1. The monoisotopic (exact) mass is 312 g/mol. The van der Waals surface area contributed by atoms with Crippen molar-refractivity contribution in [1.82, 2.24) is 15.0 Å². The number of halogens is 1. The number of H-pyrrole nitrogens is 1. The predicted molar refractivity (Wildman–Crippen MR) is 90.0 cm³/mol. The third-order valence-corrected chi connectivity index (χ3v) is 3.80. The van der Waals surface area contributed by atoms with E-state index >= 15 is 0 Å². The molecule has 3 rings (SSSR count). The Kier molecular flexibility index (Phi) is 4.11. The van der Waals surface area contributed by atoms with Crippen LogP contribution >= 0.6 is 11.6 Å². The number of aromatic nitrogens is 3. The van der Waals surface area contributed by atoms with E-state index in [1.165, 1.54) is 5.56 Å². The molecule has 1 aromatic carbocycles. The van der Waals surface area contributed by atoms with Gasteiger partial charge in [-0.1, -0.05) is 23.7 Å². The molecule has 3 aromatic rings. The largest absolute Gasteiger partial charge is 0.356 e. The summed E-state index contributed by atoms with van der Waals surface area (Å²) in [6.45, 7) is 4.17. The van der Waals surface area contributed by atoms with Crippen LogP contribution in [0.15, 0.2) is 48.8 Å². The number of hydrogen-bond acceptors (Lipinski definition) is 3. The fourth-order valence-electron chi connectivity index (χ4n) is 2.38. The van der Waals surface area contributed by atoms with Crippen LogP contribution in [-0.4, -0.2) is 15.0 Å². The third kappa shape index (κ3) is 3.12. The van der Waals surface area contributed by atoms with Crippen LogP contribution in [0.1, 0.15) is 24.2 Å². The number of nitrogens with one attached hydrogen (secondary N) is 2. The summed E-state index contributed by atoms with van der Waals surface area (Å²) in [4.78, 5) is 11.9. The highest BCUT2D eigenvalue weighted by molar-refractivity contribution is 6.30. The van der Waals surface area contributed by atoms with Gasteiger partial charge < -0.3 is 10.3 Å². The van der Waals surface area contributed by atoms with Crippen LogP contribution in [0.2, 0.25) is 5.02 Å². The Morgan fingerprint density at radius 2 is 1.82 bits per heavy atom. The minimum absolute atomic E-state index is 0.0853. The van der Waals surface area contributed by atoms with Crippen LogP contribution in [0.4, 0.5) is 5.95 Å². The molecule has 0 amide bonds. The highest BCUT2D eigenvalue weighted by Crippen LogP contribution is 2.27. The molecule has 22 heavy (non-hydrogen) atoms. The van der Waals surface area contributed by atoms with E-state index in [2.05, 4.69) is 40.2 Å². The number of benzene rings is 1. The molecular weight excluding hydrogens is 296 g/mol. The van der Waals surface area contributed by atoms with E-state index in [1.54, 1.807) is 18.5 Å².